The minimum absolute atomic E-state index is 0.703. The van der Waals surface area contributed by atoms with Crippen LogP contribution >= 0.6 is 0 Å². The van der Waals surface area contributed by atoms with Crippen molar-refractivity contribution in [3.05, 3.63) is 59.4 Å². The van der Waals surface area contributed by atoms with E-state index in [9.17, 15) is 0 Å². The van der Waals surface area contributed by atoms with Crippen LogP contribution < -0.4 is 10.6 Å². The van der Waals surface area contributed by atoms with Gasteiger partial charge in [-0.2, -0.15) is 0 Å². The number of pyridine rings is 1. The summed E-state index contributed by atoms with van der Waals surface area (Å²) in [4.78, 5) is 6.44. The Morgan fingerprint density at radius 1 is 1.15 bits per heavy atom. The topological polar surface area (TPSA) is 42.2 Å². The quantitative estimate of drug-likeness (QED) is 0.876. The summed E-state index contributed by atoms with van der Waals surface area (Å²) in [6.45, 7) is 6.94. The molecule has 106 valence electrons. The van der Waals surface area contributed by atoms with Gasteiger partial charge in [-0.3, -0.25) is 4.98 Å². The van der Waals surface area contributed by atoms with E-state index in [-0.39, 0.29) is 0 Å². The number of aromatic nitrogens is 1. The van der Waals surface area contributed by atoms with Gasteiger partial charge in [0.1, 0.15) is 0 Å². The number of hydrogen-bond donors (Lipinski definition) is 1. The Morgan fingerprint density at radius 3 is 2.50 bits per heavy atom. The normalized spacial score (nSPS) is 10.6. The van der Waals surface area contributed by atoms with Crippen molar-refractivity contribution in [3.8, 4) is 0 Å². The summed E-state index contributed by atoms with van der Waals surface area (Å²) in [7, 11) is 0. The number of nitrogens with zero attached hydrogens (tertiary/aromatic N) is 2. The largest absolute Gasteiger partial charge is 0.367 e. The van der Waals surface area contributed by atoms with Crippen molar-refractivity contribution in [1.29, 1.82) is 0 Å². The van der Waals surface area contributed by atoms with E-state index in [2.05, 4.69) is 54.1 Å². The minimum Gasteiger partial charge on any atom is -0.367 e. The van der Waals surface area contributed by atoms with Crippen molar-refractivity contribution in [1.82, 2.24) is 4.98 Å². The molecule has 0 saturated carbocycles. The fraction of sp³-hybridized carbons (Fsp3) is 0.353. The SMILES string of the molecule is CCN(Cc1ccncc1)c1ccc(CCN)c(C)c1. The maximum absolute atomic E-state index is 5.64. The summed E-state index contributed by atoms with van der Waals surface area (Å²) < 4.78 is 0. The Balaban J connectivity index is 2.17. The van der Waals surface area contributed by atoms with Crippen molar-refractivity contribution in [2.75, 3.05) is 18.0 Å². The second kappa shape index (κ2) is 7.06. The van der Waals surface area contributed by atoms with Crippen molar-refractivity contribution in [3.63, 3.8) is 0 Å². The monoisotopic (exact) mass is 269 g/mol. The van der Waals surface area contributed by atoms with Crippen LogP contribution in [0, 0.1) is 6.92 Å². The van der Waals surface area contributed by atoms with Crippen LogP contribution in [0.2, 0.25) is 0 Å². The Labute approximate surface area is 121 Å². The molecule has 0 aliphatic heterocycles. The van der Waals surface area contributed by atoms with E-state index in [4.69, 9.17) is 5.73 Å². The van der Waals surface area contributed by atoms with Gasteiger partial charge in [0.2, 0.25) is 0 Å². The molecule has 2 N–H and O–H groups in total. The van der Waals surface area contributed by atoms with Gasteiger partial charge in [-0.05, 0) is 67.8 Å². The lowest BCUT2D eigenvalue weighted by Crippen LogP contribution is -2.22. The standard InChI is InChI=1S/C17H23N3/c1-3-20(13-15-7-10-19-11-8-15)17-5-4-16(6-9-18)14(2)12-17/h4-5,7-8,10-12H,3,6,9,13,18H2,1-2H3. The first kappa shape index (κ1) is 14.5. The molecule has 20 heavy (non-hydrogen) atoms. The number of benzene rings is 1. The molecule has 2 aromatic rings. The van der Waals surface area contributed by atoms with Crippen LogP contribution in [0.4, 0.5) is 5.69 Å². The van der Waals surface area contributed by atoms with E-state index in [0.29, 0.717) is 6.54 Å². The summed E-state index contributed by atoms with van der Waals surface area (Å²) in [6, 6.07) is 10.8. The van der Waals surface area contributed by atoms with Crippen molar-refractivity contribution in [2.45, 2.75) is 26.8 Å². The van der Waals surface area contributed by atoms with Gasteiger partial charge in [-0.1, -0.05) is 6.07 Å². The molecule has 0 amide bonds. The molecule has 0 atom stereocenters. The van der Waals surface area contributed by atoms with Gasteiger partial charge in [0.05, 0.1) is 0 Å². The lowest BCUT2D eigenvalue weighted by molar-refractivity contribution is 0.828. The predicted molar refractivity (Wildman–Crippen MR) is 84.9 cm³/mol. The van der Waals surface area contributed by atoms with Gasteiger partial charge in [0.15, 0.2) is 0 Å². The van der Waals surface area contributed by atoms with Crippen LogP contribution in [0.3, 0.4) is 0 Å². The zero-order valence-corrected chi connectivity index (χ0v) is 12.3. The lowest BCUT2D eigenvalue weighted by Gasteiger charge is -2.24. The molecule has 0 saturated heterocycles. The van der Waals surface area contributed by atoms with E-state index >= 15 is 0 Å². The first-order valence-electron chi connectivity index (χ1n) is 7.18. The van der Waals surface area contributed by atoms with Crippen LogP contribution in [0.5, 0.6) is 0 Å². The van der Waals surface area contributed by atoms with Crippen molar-refractivity contribution >= 4 is 5.69 Å². The molecule has 0 spiro atoms. The first-order valence-corrected chi connectivity index (χ1v) is 7.18. The van der Waals surface area contributed by atoms with E-state index < -0.39 is 0 Å². The van der Waals surface area contributed by atoms with E-state index in [1.165, 1.54) is 22.4 Å². The Bertz CT molecular complexity index is 537. The van der Waals surface area contributed by atoms with E-state index in [1.807, 2.05) is 12.4 Å². The van der Waals surface area contributed by atoms with Gasteiger partial charge >= 0.3 is 0 Å². The summed E-state index contributed by atoms with van der Waals surface area (Å²) in [5.74, 6) is 0. The molecule has 0 fully saturated rings. The molecule has 3 heteroatoms. The fourth-order valence-electron chi connectivity index (χ4n) is 2.41. The molecule has 0 aliphatic carbocycles. The Kier molecular flexibility index (Phi) is 5.13. The Hall–Kier alpha value is -1.87. The highest BCUT2D eigenvalue weighted by Gasteiger charge is 2.07. The van der Waals surface area contributed by atoms with Crippen LogP contribution in [0.1, 0.15) is 23.6 Å². The van der Waals surface area contributed by atoms with E-state index in [1.54, 1.807) is 0 Å². The molecule has 0 aliphatic rings. The molecular weight excluding hydrogens is 246 g/mol. The third kappa shape index (κ3) is 3.58. The van der Waals surface area contributed by atoms with Crippen LogP contribution in [0.15, 0.2) is 42.7 Å². The third-order valence-corrected chi connectivity index (χ3v) is 3.61. The molecule has 1 heterocycles. The molecule has 1 aromatic heterocycles. The zero-order chi connectivity index (χ0) is 14.4. The average Bonchev–Trinajstić information content (AvgIpc) is 2.48. The maximum atomic E-state index is 5.64. The minimum atomic E-state index is 0.703. The summed E-state index contributed by atoms with van der Waals surface area (Å²) >= 11 is 0. The summed E-state index contributed by atoms with van der Waals surface area (Å²) in [5, 5.41) is 0. The second-order valence-electron chi connectivity index (χ2n) is 5.02. The fourth-order valence-corrected chi connectivity index (χ4v) is 2.41. The smallest absolute Gasteiger partial charge is 0.0430 e. The highest BCUT2D eigenvalue weighted by atomic mass is 15.1. The molecule has 1 aromatic carbocycles. The highest BCUT2D eigenvalue weighted by Crippen LogP contribution is 2.21. The van der Waals surface area contributed by atoms with Crippen LogP contribution in [-0.4, -0.2) is 18.1 Å². The van der Waals surface area contributed by atoms with Gasteiger partial charge in [0.25, 0.3) is 0 Å². The number of anilines is 1. The average molecular weight is 269 g/mol. The van der Waals surface area contributed by atoms with Gasteiger partial charge in [-0.15, -0.1) is 0 Å². The van der Waals surface area contributed by atoms with Crippen LogP contribution in [0.25, 0.3) is 0 Å². The summed E-state index contributed by atoms with van der Waals surface area (Å²) in [6.07, 6.45) is 4.64. The molecule has 2 rings (SSSR count). The second-order valence-corrected chi connectivity index (χ2v) is 5.02. The third-order valence-electron chi connectivity index (χ3n) is 3.61. The highest BCUT2D eigenvalue weighted by molar-refractivity contribution is 5.51. The van der Waals surface area contributed by atoms with Crippen molar-refractivity contribution < 1.29 is 0 Å². The number of nitrogens with two attached hydrogens (primary N) is 1. The van der Waals surface area contributed by atoms with Gasteiger partial charge < -0.3 is 10.6 Å². The molecular formula is C17H23N3. The predicted octanol–water partition coefficient (Wildman–Crippen LogP) is 2.92. The van der Waals surface area contributed by atoms with Gasteiger partial charge in [-0.25, -0.2) is 0 Å². The molecule has 0 unspecified atom stereocenters. The van der Waals surface area contributed by atoms with E-state index in [0.717, 1.165) is 19.5 Å². The lowest BCUT2D eigenvalue weighted by atomic mass is 10.0. The maximum Gasteiger partial charge on any atom is 0.0430 e. The summed E-state index contributed by atoms with van der Waals surface area (Å²) in [5.41, 5.74) is 10.9. The number of aryl methyl sites for hydroxylation is 1. The van der Waals surface area contributed by atoms with Gasteiger partial charge in [0, 0.05) is 31.2 Å². The molecule has 0 radical (unpaired) electrons. The molecule has 3 nitrogen and oxygen atoms in total. The zero-order valence-electron chi connectivity index (χ0n) is 12.3. The number of rotatable bonds is 6. The van der Waals surface area contributed by atoms with Crippen LogP contribution in [-0.2, 0) is 13.0 Å². The van der Waals surface area contributed by atoms with Crippen molar-refractivity contribution in [2.24, 2.45) is 5.73 Å². The molecule has 0 bridgehead atoms. The Morgan fingerprint density at radius 2 is 1.90 bits per heavy atom. The number of hydrogen-bond acceptors (Lipinski definition) is 3. The first-order chi connectivity index (χ1) is 9.74.